The van der Waals surface area contributed by atoms with Crippen molar-refractivity contribution in [1.29, 1.82) is 0 Å². The second-order valence-corrected chi connectivity index (χ2v) is 4.89. The van der Waals surface area contributed by atoms with E-state index in [0.29, 0.717) is 13.2 Å². The molecule has 3 nitrogen and oxygen atoms in total. The van der Waals surface area contributed by atoms with E-state index < -0.39 is 0 Å². The first-order valence-corrected chi connectivity index (χ1v) is 6.52. The number of aryl methyl sites for hydroxylation is 1. The Balaban J connectivity index is 2.11. The summed E-state index contributed by atoms with van der Waals surface area (Å²) in [5.74, 6) is 0.826. The summed E-state index contributed by atoms with van der Waals surface area (Å²) in [5.41, 5.74) is 8.73. The van der Waals surface area contributed by atoms with Crippen molar-refractivity contribution in [3.05, 3.63) is 57.8 Å². The molecular weight excluding hydrogens is 292 g/mol. The largest absolute Gasteiger partial charge is 0.488 e. The van der Waals surface area contributed by atoms with Crippen LogP contribution in [0.1, 0.15) is 16.8 Å². The molecule has 1 heterocycles. The monoisotopic (exact) mass is 306 g/mol. The smallest absolute Gasteiger partial charge is 0.134 e. The van der Waals surface area contributed by atoms with Crippen molar-refractivity contribution in [3.8, 4) is 5.75 Å². The van der Waals surface area contributed by atoms with Crippen LogP contribution in [0.25, 0.3) is 0 Å². The lowest BCUT2D eigenvalue weighted by atomic mass is 10.2. The third-order valence-corrected chi connectivity index (χ3v) is 3.27. The molecule has 1 aromatic carbocycles. The summed E-state index contributed by atoms with van der Waals surface area (Å²) in [6.07, 6.45) is 1.74. The molecule has 0 amide bonds. The van der Waals surface area contributed by atoms with E-state index in [1.54, 1.807) is 6.20 Å². The van der Waals surface area contributed by atoms with Crippen molar-refractivity contribution in [2.75, 3.05) is 0 Å². The van der Waals surface area contributed by atoms with Crippen LogP contribution in [0.5, 0.6) is 5.75 Å². The Morgan fingerprint density at radius 3 is 2.89 bits per heavy atom. The number of nitrogens with zero attached hydrogens (tertiary/aromatic N) is 1. The van der Waals surface area contributed by atoms with Gasteiger partial charge in [-0.1, -0.05) is 12.1 Å². The third kappa shape index (κ3) is 3.09. The lowest BCUT2D eigenvalue weighted by Gasteiger charge is -2.10. The van der Waals surface area contributed by atoms with Crippen molar-refractivity contribution in [1.82, 2.24) is 4.98 Å². The summed E-state index contributed by atoms with van der Waals surface area (Å²) in [6.45, 7) is 2.94. The molecule has 0 radical (unpaired) electrons. The fourth-order valence-corrected chi connectivity index (χ4v) is 2.27. The van der Waals surface area contributed by atoms with E-state index in [-0.39, 0.29) is 0 Å². The van der Waals surface area contributed by atoms with Crippen molar-refractivity contribution < 1.29 is 4.74 Å². The zero-order valence-corrected chi connectivity index (χ0v) is 11.8. The van der Waals surface area contributed by atoms with Gasteiger partial charge < -0.3 is 10.5 Å². The van der Waals surface area contributed by atoms with Gasteiger partial charge in [-0.15, -0.1) is 0 Å². The normalized spacial score (nSPS) is 10.4. The summed E-state index contributed by atoms with van der Waals surface area (Å²) in [4.78, 5) is 4.23. The summed E-state index contributed by atoms with van der Waals surface area (Å²) >= 11 is 3.49. The van der Waals surface area contributed by atoms with E-state index in [9.17, 15) is 0 Å². The molecule has 0 aliphatic heterocycles. The molecule has 2 rings (SSSR count). The zero-order valence-electron chi connectivity index (χ0n) is 10.2. The maximum Gasteiger partial charge on any atom is 0.134 e. The predicted molar refractivity (Wildman–Crippen MR) is 75.3 cm³/mol. The summed E-state index contributed by atoms with van der Waals surface area (Å²) in [5, 5.41) is 0. The fourth-order valence-electron chi connectivity index (χ4n) is 1.66. The van der Waals surface area contributed by atoms with Crippen LogP contribution in [0.4, 0.5) is 0 Å². The number of rotatable bonds is 4. The van der Waals surface area contributed by atoms with Gasteiger partial charge in [-0.05, 0) is 46.6 Å². The molecule has 4 heteroatoms. The molecule has 2 N–H and O–H groups in total. The Kier molecular flexibility index (Phi) is 4.33. The molecule has 0 atom stereocenters. The molecule has 0 spiro atoms. The van der Waals surface area contributed by atoms with E-state index in [1.807, 2.05) is 37.3 Å². The van der Waals surface area contributed by atoms with Crippen LogP contribution in [0.3, 0.4) is 0 Å². The topological polar surface area (TPSA) is 48.1 Å². The lowest BCUT2D eigenvalue weighted by molar-refractivity contribution is 0.302. The SMILES string of the molecule is Cc1ccc(OCc2cccnc2CN)c(Br)c1. The highest BCUT2D eigenvalue weighted by Crippen LogP contribution is 2.26. The molecule has 0 saturated heterocycles. The van der Waals surface area contributed by atoms with Crippen LogP contribution in [0, 0.1) is 6.92 Å². The number of hydrogen-bond acceptors (Lipinski definition) is 3. The van der Waals surface area contributed by atoms with Gasteiger partial charge in [-0.2, -0.15) is 0 Å². The van der Waals surface area contributed by atoms with Crippen molar-refractivity contribution in [2.24, 2.45) is 5.73 Å². The van der Waals surface area contributed by atoms with Gasteiger partial charge in [0, 0.05) is 18.3 Å². The van der Waals surface area contributed by atoms with E-state index in [4.69, 9.17) is 10.5 Å². The van der Waals surface area contributed by atoms with Gasteiger partial charge in [0.05, 0.1) is 10.2 Å². The zero-order chi connectivity index (χ0) is 13.0. The van der Waals surface area contributed by atoms with Gasteiger partial charge in [-0.25, -0.2) is 0 Å². The van der Waals surface area contributed by atoms with Gasteiger partial charge in [-0.3, -0.25) is 4.98 Å². The van der Waals surface area contributed by atoms with Crippen molar-refractivity contribution >= 4 is 15.9 Å². The van der Waals surface area contributed by atoms with Crippen LogP contribution in [0.15, 0.2) is 41.0 Å². The Morgan fingerprint density at radius 1 is 1.33 bits per heavy atom. The predicted octanol–water partition coefficient (Wildman–Crippen LogP) is 3.19. The molecule has 1 aromatic heterocycles. The number of nitrogens with two attached hydrogens (primary N) is 1. The van der Waals surface area contributed by atoms with Crippen LogP contribution < -0.4 is 10.5 Å². The second kappa shape index (κ2) is 5.98. The minimum atomic E-state index is 0.425. The van der Waals surface area contributed by atoms with E-state index in [0.717, 1.165) is 21.5 Å². The number of halogens is 1. The quantitative estimate of drug-likeness (QED) is 0.943. The number of pyridine rings is 1. The standard InChI is InChI=1S/C14H15BrN2O/c1-10-4-5-14(12(15)7-10)18-9-11-3-2-6-17-13(11)8-16/h2-7H,8-9,16H2,1H3. The van der Waals surface area contributed by atoms with Gasteiger partial charge in [0.2, 0.25) is 0 Å². The molecule has 0 aliphatic carbocycles. The Hall–Kier alpha value is -1.39. The Bertz CT molecular complexity index is 543. The number of hydrogen-bond donors (Lipinski definition) is 1. The average molecular weight is 307 g/mol. The fraction of sp³-hybridized carbons (Fsp3) is 0.214. The molecule has 0 unspecified atom stereocenters. The van der Waals surface area contributed by atoms with Crippen LogP contribution in [0.2, 0.25) is 0 Å². The van der Waals surface area contributed by atoms with Crippen molar-refractivity contribution in [2.45, 2.75) is 20.1 Å². The van der Waals surface area contributed by atoms with Gasteiger partial charge in [0.1, 0.15) is 12.4 Å². The molecule has 0 bridgehead atoms. The van der Waals surface area contributed by atoms with Crippen LogP contribution in [-0.2, 0) is 13.2 Å². The van der Waals surface area contributed by atoms with E-state index in [1.165, 1.54) is 5.56 Å². The molecule has 94 valence electrons. The molecule has 2 aromatic rings. The lowest BCUT2D eigenvalue weighted by Crippen LogP contribution is -2.06. The first-order valence-electron chi connectivity index (χ1n) is 5.72. The van der Waals surface area contributed by atoms with Crippen LogP contribution in [-0.4, -0.2) is 4.98 Å². The van der Waals surface area contributed by atoms with E-state index in [2.05, 4.69) is 20.9 Å². The average Bonchev–Trinajstić information content (AvgIpc) is 2.38. The second-order valence-electron chi connectivity index (χ2n) is 4.04. The minimum absolute atomic E-state index is 0.425. The Labute approximate surface area is 115 Å². The van der Waals surface area contributed by atoms with Gasteiger partial charge >= 0.3 is 0 Å². The number of ether oxygens (including phenoxy) is 1. The summed E-state index contributed by atoms with van der Waals surface area (Å²) in [6, 6.07) is 9.88. The molecule has 0 saturated carbocycles. The number of aromatic nitrogens is 1. The number of benzene rings is 1. The third-order valence-electron chi connectivity index (χ3n) is 2.65. The molecule has 0 aliphatic rings. The van der Waals surface area contributed by atoms with Crippen LogP contribution >= 0.6 is 15.9 Å². The van der Waals surface area contributed by atoms with E-state index >= 15 is 0 Å². The first kappa shape index (κ1) is 13.1. The van der Waals surface area contributed by atoms with Gasteiger partial charge in [0.25, 0.3) is 0 Å². The molecule has 18 heavy (non-hydrogen) atoms. The minimum Gasteiger partial charge on any atom is -0.488 e. The highest BCUT2D eigenvalue weighted by atomic mass is 79.9. The van der Waals surface area contributed by atoms with Crippen molar-refractivity contribution in [3.63, 3.8) is 0 Å². The highest BCUT2D eigenvalue weighted by Gasteiger charge is 2.05. The highest BCUT2D eigenvalue weighted by molar-refractivity contribution is 9.10. The summed E-state index contributed by atoms with van der Waals surface area (Å²) < 4.78 is 6.74. The van der Waals surface area contributed by atoms with Gasteiger partial charge in [0.15, 0.2) is 0 Å². The maximum absolute atomic E-state index is 5.78. The summed E-state index contributed by atoms with van der Waals surface area (Å²) in [7, 11) is 0. The maximum atomic E-state index is 5.78. The molecule has 0 fully saturated rings. The first-order chi connectivity index (χ1) is 8.70. The Morgan fingerprint density at radius 2 is 2.17 bits per heavy atom. The molecular formula is C14H15BrN2O.